The molecule has 4 nitrogen and oxygen atoms in total. The Morgan fingerprint density at radius 1 is 1.12 bits per heavy atom. The Morgan fingerprint density at radius 3 is 2.80 bits per heavy atom. The molecule has 0 atom stereocenters. The summed E-state index contributed by atoms with van der Waals surface area (Å²) in [4.78, 5) is 6.80. The van der Waals surface area contributed by atoms with Crippen molar-refractivity contribution >= 4 is 5.82 Å². The summed E-state index contributed by atoms with van der Waals surface area (Å²) in [5, 5.41) is 8.42. The average Bonchev–Trinajstić information content (AvgIpc) is 2.63. The molecular formula is C20H19FN4. The highest BCUT2D eigenvalue weighted by Gasteiger charge is 2.21. The van der Waals surface area contributed by atoms with Gasteiger partial charge in [-0.05, 0) is 42.7 Å². The van der Waals surface area contributed by atoms with Crippen molar-refractivity contribution in [3.8, 4) is 11.1 Å². The highest BCUT2D eigenvalue weighted by molar-refractivity contribution is 5.64. The van der Waals surface area contributed by atoms with Crippen LogP contribution in [0.25, 0.3) is 11.1 Å². The highest BCUT2D eigenvalue weighted by Crippen LogP contribution is 2.29. The maximum absolute atomic E-state index is 14.1. The zero-order valence-corrected chi connectivity index (χ0v) is 14.3. The van der Waals surface area contributed by atoms with Gasteiger partial charge in [0.15, 0.2) is 5.82 Å². The Bertz CT molecular complexity index is 939. The third-order valence-electron chi connectivity index (χ3n) is 4.85. The maximum Gasteiger partial charge on any atom is 0.154 e. The van der Waals surface area contributed by atoms with Crippen LogP contribution in [0.2, 0.25) is 0 Å². The summed E-state index contributed by atoms with van der Waals surface area (Å²) in [5.74, 6) is 0.694. The summed E-state index contributed by atoms with van der Waals surface area (Å²) in [7, 11) is 0. The summed E-state index contributed by atoms with van der Waals surface area (Å²) in [5.41, 5.74) is 5.88. The van der Waals surface area contributed by atoms with Crippen LogP contribution in [-0.2, 0) is 13.0 Å². The van der Waals surface area contributed by atoms with E-state index in [2.05, 4.69) is 27.0 Å². The molecule has 3 aromatic rings. The molecule has 1 aliphatic heterocycles. The Balaban J connectivity index is 1.70. The number of rotatable bonds is 2. The van der Waals surface area contributed by atoms with Gasteiger partial charge >= 0.3 is 0 Å². The van der Waals surface area contributed by atoms with Crippen molar-refractivity contribution in [3.05, 3.63) is 70.9 Å². The number of benzene rings is 1. The number of aromatic nitrogens is 3. The normalized spacial score (nSPS) is 13.6. The molecule has 0 spiro atoms. The molecule has 1 aromatic carbocycles. The zero-order valence-electron chi connectivity index (χ0n) is 14.3. The van der Waals surface area contributed by atoms with E-state index in [-0.39, 0.29) is 5.82 Å². The van der Waals surface area contributed by atoms with Crippen molar-refractivity contribution in [2.24, 2.45) is 0 Å². The van der Waals surface area contributed by atoms with Gasteiger partial charge in [0.25, 0.3) is 0 Å². The first kappa shape index (κ1) is 15.7. The summed E-state index contributed by atoms with van der Waals surface area (Å²) in [6.45, 7) is 5.69. The van der Waals surface area contributed by atoms with Crippen molar-refractivity contribution in [1.29, 1.82) is 0 Å². The molecule has 0 radical (unpaired) electrons. The van der Waals surface area contributed by atoms with Gasteiger partial charge in [-0.1, -0.05) is 18.2 Å². The Hall–Kier alpha value is -2.82. The number of anilines is 1. The number of hydrogen-bond acceptors (Lipinski definition) is 4. The van der Waals surface area contributed by atoms with Crippen LogP contribution in [0.1, 0.15) is 22.4 Å². The third-order valence-corrected chi connectivity index (χ3v) is 4.85. The second-order valence-corrected chi connectivity index (χ2v) is 6.46. The SMILES string of the molecule is Cc1cnnc(N2CCc3ncc(-c4ccccc4F)cc3C2)c1C. The summed E-state index contributed by atoms with van der Waals surface area (Å²) >= 11 is 0. The second kappa shape index (κ2) is 6.24. The van der Waals surface area contributed by atoms with E-state index in [1.54, 1.807) is 24.5 Å². The second-order valence-electron chi connectivity index (χ2n) is 6.46. The lowest BCUT2D eigenvalue weighted by Gasteiger charge is -2.30. The van der Waals surface area contributed by atoms with E-state index < -0.39 is 0 Å². The predicted molar refractivity (Wildman–Crippen MR) is 95.9 cm³/mol. The van der Waals surface area contributed by atoms with Crippen LogP contribution < -0.4 is 4.90 Å². The molecule has 0 N–H and O–H groups in total. The molecule has 25 heavy (non-hydrogen) atoms. The first-order chi connectivity index (χ1) is 12.1. The van der Waals surface area contributed by atoms with Gasteiger partial charge in [-0.15, -0.1) is 5.10 Å². The number of nitrogens with zero attached hydrogens (tertiary/aromatic N) is 4. The van der Waals surface area contributed by atoms with E-state index in [0.717, 1.165) is 46.7 Å². The molecule has 0 amide bonds. The molecule has 0 bridgehead atoms. The van der Waals surface area contributed by atoms with E-state index in [9.17, 15) is 4.39 Å². The van der Waals surface area contributed by atoms with Crippen LogP contribution in [0, 0.1) is 19.7 Å². The molecule has 3 heterocycles. The van der Waals surface area contributed by atoms with Gasteiger partial charge in [0.1, 0.15) is 5.82 Å². The summed E-state index contributed by atoms with van der Waals surface area (Å²) in [6.07, 6.45) is 4.40. The molecular weight excluding hydrogens is 315 g/mol. The van der Waals surface area contributed by atoms with Crippen LogP contribution in [-0.4, -0.2) is 21.7 Å². The van der Waals surface area contributed by atoms with E-state index in [1.807, 2.05) is 19.1 Å². The highest BCUT2D eigenvalue weighted by atomic mass is 19.1. The maximum atomic E-state index is 14.1. The molecule has 0 aliphatic carbocycles. The average molecular weight is 334 g/mol. The van der Waals surface area contributed by atoms with Gasteiger partial charge in [0.2, 0.25) is 0 Å². The van der Waals surface area contributed by atoms with E-state index in [1.165, 1.54) is 6.07 Å². The van der Waals surface area contributed by atoms with Crippen LogP contribution in [0.5, 0.6) is 0 Å². The Labute approximate surface area is 146 Å². The minimum absolute atomic E-state index is 0.225. The minimum Gasteiger partial charge on any atom is -0.350 e. The van der Waals surface area contributed by atoms with E-state index >= 15 is 0 Å². The van der Waals surface area contributed by atoms with Crippen molar-refractivity contribution < 1.29 is 4.39 Å². The van der Waals surface area contributed by atoms with Gasteiger partial charge < -0.3 is 4.90 Å². The Kier molecular flexibility index (Phi) is 3.92. The molecule has 0 saturated heterocycles. The van der Waals surface area contributed by atoms with Crippen molar-refractivity contribution in [1.82, 2.24) is 15.2 Å². The van der Waals surface area contributed by atoms with Crippen LogP contribution in [0.4, 0.5) is 10.2 Å². The fourth-order valence-corrected chi connectivity index (χ4v) is 3.27. The number of hydrogen-bond donors (Lipinski definition) is 0. The fraction of sp³-hybridized carbons (Fsp3) is 0.250. The third kappa shape index (κ3) is 2.86. The van der Waals surface area contributed by atoms with Crippen molar-refractivity contribution in [2.75, 3.05) is 11.4 Å². The van der Waals surface area contributed by atoms with Gasteiger partial charge in [0.05, 0.1) is 6.20 Å². The lowest BCUT2D eigenvalue weighted by atomic mass is 9.99. The molecule has 2 aromatic heterocycles. The lowest BCUT2D eigenvalue weighted by Crippen LogP contribution is -2.32. The molecule has 0 saturated carbocycles. The fourth-order valence-electron chi connectivity index (χ4n) is 3.27. The number of halogens is 1. The van der Waals surface area contributed by atoms with Crippen LogP contribution in [0.3, 0.4) is 0 Å². The van der Waals surface area contributed by atoms with Crippen LogP contribution in [0.15, 0.2) is 42.7 Å². The lowest BCUT2D eigenvalue weighted by molar-refractivity contribution is 0.631. The van der Waals surface area contributed by atoms with Gasteiger partial charge in [-0.25, -0.2) is 4.39 Å². The molecule has 126 valence electrons. The first-order valence-corrected chi connectivity index (χ1v) is 8.40. The monoisotopic (exact) mass is 334 g/mol. The Morgan fingerprint density at radius 2 is 1.96 bits per heavy atom. The minimum atomic E-state index is -0.225. The van der Waals surface area contributed by atoms with Crippen molar-refractivity contribution in [2.45, 2.75) is 26.8 Å². The molecule has 0 unspecified atom stereocenters. The van der Waals surface area contributed by atoms with Gasteiger partial charge in [-0.2, -0.15) is 5.10 Å². The van der Waals surface area contributed by atoms with Gasteiger partial charge in [0, 0.05) is 42.5 Å². The standard InChI is InChI=1S/C20H19FN4/c1-13-10-23-24-20(14(13)2)25-8-7-19-16(12-25)9-15(11-22-19)17-5-3-4-6-18(17)21/h3-6,9-11H,7-8,12H2,1-2H3. The number of aryl methyl sites for hydroxylation is 1. The predicted octanol–water partition coefficient (Wildman–Crippen LogP) is 3.86. The quantitative estimate of drug-likeness (QED) is 0.714. The summed E-state index contributed by atoms with van der Waals surface area (Å²) < 4.78 is 14.1. The first-order valence-electron chi connectivity index (χ1n) is 8.40. The molecule has 1 aliphatic rings. The van der Waals surface area contributed by atoms with Crippen molar-refractivity contribution in [3.63, 3.8) is 0 Å². The molecule has 5 heteroatoms. The smallest absolute Gasteiger partial charge is 0.154 e. The van der Waals surface area contributed by atoms with E-state index in [4.69, 9.17) is 0 Å². The zero-order chi connectivity index (χ0) is 17.4. The number of fused-ring (bicyclic) bond motifs is 1. The van der Waals surface area contributed by atoms with Crippen LogP contribution >= 0.6 is 0 Å². The van der Waals surface area contributed by atoms with Gasteiger partial charge in [-0.3, -0.25) is 4.98 Å². The van der Waals surface area contributed by atoms with E-state index in [0.29, 0.717) is 12.1 Å². The number of pyridine rings is 1. The summed E-state index contributed by atoms with van der Waals surface area (Å²) in [6, 6.07) is 8.86. The topological polar surface area (TPSA) is 41.9 Å². The molecule has 0 fully saturated rings. The largest absolute Gasteiger partial charge is 0.350 e. The molecule has 4 rings (SSSR count).